The highest BCUT2D eigenvalue weighted by molar-refractivity contribution is 5.96. The van der Waals surface area contributed by atoms with Crippen LogP contribution in [0.1, 0.15) is 50.1 Å². The van der Waals surface area contributed by atoms with Crippen molar-refractivity contribution in [2.24, 2.45) is 5.92 Å². The minimum atomic E-state index is -4.49. The lowest BCUT2D eigenvalue weighted by molar-refractivity contribution is -0.138. The first kappa shape index (κ1) is 18.7. The molecule has 0 amide bonds. The average Bonchev–Trinajstić information content (AvgIpc) is 3.12. The van der Waals surface area contributed by atoms with Crippen LogP contribution in [0, 0.1) is 5.92 Å². The van der Waals surface area contributed by atoms with Crippen molar-refractivity contribution in [1.29, 1.82) is 0 Å². The molecule has 1 heterocycles. The number of para-hydroxylation sites is 1. The van der Waals surface area contributed by atoms with E-state index in [9.17, 15) is 23.1 Å². The molecule has 0 fully saturated rings. The van der Waals surface area contributed by atoms with E-state index in [4.69, 9.17) is 0 Å². The van der Waals surface area contributed by atoms with Gasteiger partial charge >= 0.3 is 12.1 Å². The number of benzene rings is 3. The Morgan fingerprint density at radius 1 is 0.900 bits per heavy atom. The molecule has 30 heavy (non-hydrogen) atoms. The molecule has 0 spiro atoms. The Kier molecular flexibility index (Phi) is 4.13. The van der Waals surface area contributed by atoms with Crippen LogP contribution in [0.15, 0.2) is 66.7 Å². The Bertz CT molecular complexity index is 1160. The number of carboxylic acids is 1. The molecule has 5 rings (SSSR count). The fourth-order valence-corrected chi connectivity index (χ4v) is 5.10. The van der Waals surface area contributed by atoms with Crippen LogP contribution in [0.25, 0.3) is 0 Å². The van der Waals surface area contributed by atoms with Crippen LogP contribution in [0.3, 0.4) is 0 Å². The number of carbonyl (C=O) groups is 1. The number of aromatic carboxylic acids is 1. The molecule has 0 bridgehead atoms. The highest BCUT2D eigenvalue weighted by atomic mass is 19.4. The van der Waals surface area contributed by atoms with E-state index >= 15 is 0 Å². The third kappa shape index (κ3) is 2.78. The van der Waals surface area contributed by atoms with Gasteiger partial charge < -0.3 is 10.4 Å². The maximum atomic E-state index is 13.8. The van der Waals surface area contributed by atoms with Gasteiger partial charge in [0.05, 0.1) is 22.9 Å². The van der Waals surface area contributed by atoms with Gasteiger partial charge in [0.1, 0.15) is 0 Å². The topological polar surface area (TPSA) is 49.3 Å². The summed E-state index contributed by atoms with van der Waals surface area (Å²) in [6.07, 6.45) is -3.87. The quantitative estimate of drug-likeness (QED) is 0.556. The molecule has 3 aromatic rings. The van der Waals surface area contributed by atoms with Crippen molar-refractivity contribution in [2.75, 3.05) is 5.32 Å². The molecule has 152 valence electrons. The number of rotatable bonds is 2. The summed E-state index contributed by atoms with van der Waals surface area (Å²) in [5.74, 6) is -1.42. The molecule has 1 aliphatic heterocycles. The Morgan fingerprint density at radius 2 is 1.57 bits per heavy atom. The SMILES string of the molecule is O=C(O)c1cccc2c1N[C@H](c1ccccc1C(F)(F)F)[C@H]1Cc3ccccc3[C@@H]21. The Morgan fingerprint density at radius 3 is 2.30 bits per heavy atom. The van der Waals surface area contributed by atoms with Gasteiger partial charge in [0, 0.05) is 5.92 Å². The number of alkyl halides is 3. The molecule has 0 unspecified atom stereocenters. The molecule has 2 N–H and O–H groups in total. The van der Waals surface area contributed by atoms with Crippen molar-refractivity contribution in [1.82, 2.24) is 0 Å². The number of halogens is 3. The first-order valence-corrected chi connectivity index (χ1v) is 9.73. The molecule has 6 heteroatoms. The standard InChI is InChI=1S/C24H18F3NO2/c25-24(26,27)19-11-4-3-8-15(19)21-18-12-13-6-1-2-7-14(13)20(18)16-9-5-10-17(23(29)30)22(16)28-21/h1-11,18,20-21,28H,12H2,(H,29,30)/t18-,20-,21+/m0/s1. The monoisotopic (exact) mass is 409 g/mol. The van der Waals surface area contributed by atoms with Crippen molar-refractivity contribution in [3.63, 3.8) is 0 Å². The van der Waals surface area contributed by atoms with Gasteiger partial charge in [-0.15, -0.1) is 0 Å². The maximum absolute atomic E-state index is 13.8. The van der Waals surface area contributed by atoms with Crippen LogP contribution < -0.4 is 5.32 Å². The molecule has 1 aliphatic carbocycles. The first-order chi connectivity index (χ1) is 14.4. The van der Waals surface area contributed by atoms with Crippen LogP contribution in [-0.4, -0.2) is 11.1 Å². The van der Waals surface area contributed by atoms with Crippen molar-refractivity contribution in [2.45, 2.75) is 24.6 Å². The van der Waals surface area contributed by atoms with Crippen molar-refractivity contribution in [3.05, 3.63) is 100 Å². The summed E-state index contributed by atoms with van der Waals surface area (Å²) in [5.41, 5.74) is 2.92. The highest BCUT2D eigenvalue weighted by Crippen LogP contribution is 2.55. The van der Waals surface area contributed by atoms with E-state index in [0.717, 1.165) is 22.8 Å². The third-order valence-corrected chi connectivity index (χ3v) is 6.27. The molecular weight excluding hydrogens is 391 g/mol. The summed E-state index contributed by atoms with van der Waals surface area (Å²) in [4.78, 5) is 11.9. The van der Waals surface area contributed by atoms with Gasteiger partial charge in [0.2, 0.25) is 0 Å². The van der Waals surface area contributed by atoms with Crippen molar-refractivity contribution in [3.8, 4) is 0 Å². The second kappa shape index (κ2) is 6.62. The summed E-state index contributed by atoms with van der Waals surface area (Å²) in [6.45, 7) is 0. The summed E-state index contributed by atoms with van der Waals surface area (Å²) in [7, 11) is 0. The van der Waals surface area contributed by atoms with E-state index in [1.54, 1.807) is 12.1 Å². The van der Waals surface area contributed by atoms with Crippen LogP contribution in [0.5, 0.6) is 0 Å². The fraction of sp³-hybridized carbons (Fsp3) is 0.208. The van der Waals surface area contributed by atoms with E-state index in [1.165, 1.54) is 18.2 Å². The van der Waals surface area contributed by atoms with E-state index in [2.05, 4.69) is 5.32 Å². The van der Waals surface area contributed by atoms with E-state index in [0.29, 0.717) is 12.1 Å². The molecule has 0 saturated heterocycles. The number of hydrogen-bond donors (Lipinski definition) is 2. The summed E-state index contributed by atoms with van der Waals surface area (Å²) >= 11 is 0. The average molecular weight is 409 g/mol. The molecule has 3 nitrogen and oxygen atoms in total. The van der Waals surface area contributed by atoms with Crippen LogP contribution in [0.2, 0.25) is 0 Å². The minimum absolute atomic E-state index is 0.0739. The van der Waals surface area contributed by atoms with Crippen molar-refractivity contribution >= 4 is 11.7 Å². The lowest BCUT2D eigenvalue weighted by atomic mass is 9.74. The van der Waals surface area contributed by atoms with Gasteiger partial charge in [0.25, 0.3) is 0 Å². The van der Waals surface area contributed by atoms with Crippen LogP contribution in [-0.2, 0) is 12.6 Å². The van der Waals surface area contributed by atoms with Crippen LogP contribution >= 0.6 is 0 Å². The van der Waals surface area contributed by atoms with Gasteiger partial charge in [-0.2, -0.15) is 13.2 Å². The van der Waals surface area contributed by atoms with E-state index < -0.39 is 23.8 Å². The summed E-state index contributed by atoms with van der Waals surface area (Å²) in [5, 5.41) is 12.9. The second-order valence-electron chi connectivity index (χ2n) is 7.83. The molecule has 2 aliphatic rings. The smallest absolute Gasteiger partial charge is 0.416 e. The first-order valence-electron chi connectivity index (χ1n) is 9.73. The lowest BCUT2D eigenvalue weighted by Crippen LogP contribution is -2.33. The zero-order valence-corrected chi connectivity index (χ0v) is 15.8. The van der Waals surface area contributed by atoms with E-state index in [1.807, 2.05) is 30.3 Å². The largest absolute Gasteiger partial charge is 0.478 e. The fourth-order valence-electron chi connectivity index (χ4n) is 5.10. The normalized spacial score (nSPS) is 21.9. The molecule has 0 saturated carbocycles. The number of hydrogen-bond acceptors (Lipinski definition) is 2. The zero-order valence-electron chi connectivity index (χ0n) is 15.8. The Balaban J connectivity index is 1.75. The molecular formula is C24H18F3NO2. The van der Waals surface area contributed by atoms with Gasteiger partial charge in [-0.25, -0.2) is 4.79 Å². The summed E-state index contributed by atoms with van der Waals surface area (Å²) < 4.78 is 41.4. The van der Waals surface area contributed by atoms with Gasteiger partial charge in [-0.1, -0.05) is 54.6 Å². The van der Waals surface area contributed by atoms with Crippen LogP contribution in [0.4, 0.5) is 18.9 Å². The Labute approximate surface area is 171 Å². The number of anilines is 1. The lowest BCUT2D eigenvalue weighted by Gasteiger charge is -2.39. The third-order valence-electron chi connectivity index (χ3n) is 6.27. The number of fused-ring (bicyclic) bond motifs is 5. The number of carboxylic acid groups (broad SMARTS) is 1. The summed E-state index contributed by atoms with van der Waals surface area (Å²) in [6, 6.07) is 17.8. The molecule has 3 atom stereocenters. The van der Waals surface area contributed by atoms with Gasteiger partial charge in [-0.05, 0) is 46.7 Å². The Hall–Kier alpha value is -3.28. The van der Waals surface area contributed by atoms with Gasteiger partial charge in [-0.3, -0.25) is 0 Å². The second-order valence-corrected chi connectivity index (χ2v) is 7.83. The predicted octanol–water partition coefficient (Wildman–Crippen LogP) is 5.87. The molecule has 0 aromatic heterocycles. The molecule has 3 aromatic carbocycles. The molecule has 0 radical (unpaired) electrons. The maximum Gasteiger partial charge on any atom is 0.416 e. The predicted molar refractivity (Wildman–Crippen MR) is 107 cm³/mol. The van der Waals surface area contributed by atoms with E-state index in [-0.39, 0.29) is 23.0 Å². The number of nitrogens with one attached hydrogen (secondary N) is 1. The van der Waals surface area contributed by atoms with Crippen molar-refractivity contribution < 1.29 is 23.1 Å². The highest BCUT2D eigenvalue weighted by Gasteiger charge is 2.46. The zero-order chi connectivity index (χ0) is 21.0. The minimum Gasteiger partial charge on any atom is -0.478 e. The van der Waals surface area contributed by atoms with Gasteiger partial charge in [0.15, 0.2) is 0 Å².